The first-order valence-electron chi connectivity index (χ1n) is 7.32. The first-order valence-corrected chi connectivity index (χ1v) is 7.32. The Morgan fingerprint density at radius 3 is 2.55 bits per heavy atom. The van der Waals surface area contributed by atoms with Crippen molar-refractivity contribution in [2.45, 2.75) is 38.0 Å². The van der Waals surface area contributed by atoms with Gasteiger partial charge in [0.15, 0.2) is 0 Å². The molecule has 0 spiro atoms. The van der Waals surface area contributed by atoms with Crippen LogP contribution < -0.4 is 0 Å². The van der Waals surface area contributed by atoms with Gasteiger partial charge in [-0.1, -0.05) is 30.3 Å². The number of rotatable bonds is 5. The second-order valence-corrected chi connectivity index (χ2v) is 5.30. The Labute approximate surface area is 129 Å². The maximum atomic E-state index is 12.3. The number of aliphatic hydroxyl groups is 1. The zero-order chi connectivity index (χ0) is 15.9. The van der Waals surface area contributed by atoms with Crippen molar-refractivity contribution in [2.24, 2.45) is 0 Å². The SMILES string of the molecule is COC(=O)C[C@H]1CC[C@@H](CO)N1C(=O)OCc1ccccc1. The van der Waals surface area contributed by atoms with Gasteiger partial charge in [0, 0.05) is 6.04 Å². The van der Waals surface area contributed by atoms with Crippen LogP contribution in [0.5, 0.6) is 0 Å². The van der Waals surface area contributed by atoms with Gasteiger partial charge in [-0.2, -0.15) is 0 Å². The lowest BCUT2D eigenvalue weighted by molar-refractivity contribution is -0.141. The fourth-order valence-corrected chi connectivity index (χ4v) is 2.71. The molecule has 2 atom stereocenters. The van der Waals surface area contributed by atoms with E-state index in [0.717, 1.165) is 5.56 Å². The van der Waals surface area contributed by atoms with Crippen LogP contribution in [-0.2, 0) is 20.9 Å². The summed E-state index contributed by atoms with van der Waals surface area (Å²) in [6.45, 7) is 0.0252. The number of carbonyl (C=O) groups excluding carboxylic acids is 2. The molecule has 0 aromatic heterocycles. The average molecular weight is 307 g/mol. The largest absolute Gasteiger partial charge is 0.469 e. The van der Waals surface area contributed by atoms with E-state index in [1.807, 2.05) is 30.3 Å². The monoisotopic (exact) mass is 307 g/mol. The minimum absolute atomic E-state index is 0.118. The standard InChI is InChI=1S/C16H21NO5/c1-21-15(19)9-13-7-8-14(10-18)17(13)16(20)22-11-12-5-3-2-4-6-12/h2-6,13-14,18H,7-11H2,1H3/t13-,14+/m1/s1. The van der Waals surface area contributed by atoms with E-state index in [-0.39, 0.29) is 37.7 Å². The Morgan fingerprint density at radius 1 is 1.23 bits per heavy atom. The third-order valence-corrected chi connectivity index (χ3v) is 3.88. The summed E-state index contributed by atoms with van der Waals surface area (Å²) >= 11 is 0. The lowest BCUT2D eigenvalue weighted by Gasteiger charge is -2.28. The van der Waals surface area contributed by atoms with Crippen LogP contribution >= 0.6 is 0 Å². The van der Waals surface area contributed by atoms with E-state index in [2.05, 4.69) is 4.74 Å². The molecule has 1 aliphatic heterocycles. The maximum absolute atomic E-state index is 12.3. The van der Waals surface area contributed by atoms with Crippen molar-refractivity contribution >= 4 is 12.1 Å². The molecule has 6 heteroatoms. The molecule has 6 nitrogen and oxygen atoms in total. The Kier molecular flexibility index (Phi) is 5.77. The second kappa shape index (κ2) is 7.79. The molecule has 120 valence electrons. The van der Waals surface area contributed by atoms with Crippen molar-refractivity contribution in [1.82, 2.24) is 4.90 Å². The molecule has 0 unspecified atom stereocenters. The molecule has 0 saturated carbocycles. The normalized spacial score (nSPS) is 20.7. The van der Waals surface area contributed by atoms with Crippen molar-refractivity contribution in [1.29, 1.82) is 0 Å². The van der Waals surface area contributed by atoms with E-state index in [1.165, 1.54) is 12.0 Å². The van der Waals surface area contributed by atoms with Gasteiger partial charge in [-0.05, 0) is 18.4 Å². The Balaban J connectivity index is 1.98. The molecule has 1 aliphatic rings. The van der Waals surface area contributed by atoms with E-state index >= 15 is 0 Å². The van der Waals surface area contributed by atoms with Crippen LogP contribution in [0.4, 0.5) is 4.79 Å². The van der Waals surface area contributed by atoms with Crippen LogP contribution in [-0.4, -0.2) is 47.9 Å². The number of ether oxygens (including phenoxy) is 2. The highest BCUT2D eigenvalue weighted by Gasteiger charge is 2.38. The molecule has 0 aliphatic carbocycles. The number of benzene rings is 1. The Bertz CT molecular complexity index is 505. The summed E-state index contributed by atoms with van der Waals surface area (Å²) < 4.78 is 9.97. The average Bonchev–Trinajstić information content (AvgIpc) is 2.96. The fourth-order valence-electron chi connectivity index (χ4n) is 2.71. The molecule has 1 aromatic carbocycles. The second-order valence-electron chi connectivity index (χ2n) is 5.30. The summed E-state index contributed by atoms with van der Waals surface area (Å²) in [6.07, 6.45) is 0.918. The molecule has 1 heterocycles. The van der Waals surface area contributed by atoms with Crippen molar-refractivity contribution in [2.75, 3.05) is 13.7 Å². The minimum Gasteiger partial charge on any atom is -0.469 e. The molecule has 1 saturated heterocycles. The van der Waals surface area contributed by atoms with Gasteiger partial charge in [-0.15, -0.1) is 0 Å². The summed E-state index contributed by atoms with van der Waals surface area (Å²) in [5, 5.41) is 9.41. The first-order chi connectivity index (χ1) is 10.7. The number of likely N-dealkylation sites (tertiary alicyclic amines) is 1. The van der Waals surface area contributed by atoms with Crippen LogP contribution in [0.25, 0.3) is 0 Å². The van der Waals surface area contributed by atoms with Crippen LogP contribution in [0.2, 0.25) is 0 Å². The summed E-state index contributed by atoms with van der Waals surface area (Å²) in [7, 11) is 1.32. The summed E-state index contributed by atoms with van der Waals surface area (Å²) in [5.74, 6) is -0.371. The van der Waals surface area contributed by atoms with Crippen LogP contribution in [0.15, 0.2) is 30.3 Å². The summed E-state index contributed by atoms with van der Waals surface area (Å²) in [6, 6.07) is 8.77. The molecule has 1 aromatic rings. The Morgan fingerprint density at radius 2 is 1.91 bits per heavy atom. The van der Waals surface area contributed by atoms with Gasteiger partial charge < -0.3 is 14.6 Å². The number of hydrogen-bond donors (Lipinski definition) is 1. The topological polar surface area (TPSA) is 76.1 Å². The predicted octanol–water partition coefficient (Wildman–Crippen LogP) is 1.71. The summed E-state index contributed by atoms with van der Waals surface area (Å²) in [4.78, 5) is 25.2. The molecule has 1 N–H and O–H groups in total. The summed E-state index contributed by atoms with van der Waals surface area (Å²) in [5.41, 5.74) is 0.889. The molecule has 22 heavy (non-hydrogen) atoms. The van der Waals surface area contributed by atoms with Gasteiger partial charge in [0.05, 0.1) is 26.2 Å². The molecule has 0 radical (unpaired) electrons. The number of methoxy groups -OCH3 is 1. The number of hydrogen-bond acceptors (Lipinski definition) is 5. The first kappa shape index (κ1) is 16.3. The quantitative estimate of drug-likeness (QED) is 0.838. The highest BCUT2D eigenvalue weighted by Crippen LogP contribution is 2.27. The molecule has 1 fully saturated rings. The molecular weight excluding hydrogens is 286 g/mol. The number of esters is 1. The zero-order valence-corrected chi connectivity index (χ0v) is 12.6. The smallest absolute Gasteiger partial charge is 0.410 e. The maximum Gasteiger partial charge on any atom is 0.410 e. The van der Waals surface area contributed by atoms with Gasteiger partial charge in [-0.25, -0.2) is 4.79 Å². The van der Waals surface area contributed by atoms with E-state index in [9.17, 15) is 14.7 Å². The van der Waals surface area contributed by atoms with Gasteiger partial charge >= 0.3 is 12.1 Å². The molecule has 2 rings (SSSR count). The van der Waals surface area contributed by atoms with Gasteiger partial charge in [0.1, 0.15) is 6.61 Å². The molecule has 0 bridgehead atoms. The fraction of sp³-hybridized carbons (Fsp3) is 0.500. The van der Waals surface area contributed by atoms with Crippen molar-refractivity contribution in [3.63, 3.8) is 0 Å². The van der Waals surface area contributed by atoms with E-state index in [0.29, 0.717) is 12.8 Å². The number of carbonyl (C=O) groups is 2. The lowest BCUT2D eigenvalue weighted by Crippen LogP contribution is -2.44. The Hall–Kier alpha value is -2.08. The molecular formula is C16H21NO5. The highest BCUT2D eigenvalue weighted by atomic mass is 16.6. The molecule has 1 amide bonds. The van der Waals surface area contributed by atoms with Crippen LogP contribution in [0, 0.1) is 0 Å². The van der Waals surface area contributed by atoms with E-state index in [1.54, 1.807) is 0 Å². The van der Waals surface area contributed by atoms with E-state index in [4.69, 9.17) is 4.74 Å². The lowest BCUT2D eigenvalue weighted by atomic mass is 10.1. The zero-order valence-electron chi connectivity index (χ0n) is 12.6. The third-order valence-electron chi connectivity index (χ3n) is 3.88. The highest BCUT2D eigenvalue weighted by molar-refractivity contribution is 5.73. The number of aliphatic hydroxyl groups excluding tert-OH is 1. The number of amides is 1. The van der Waals surface area contributed by atoms with Crippen molar-refractivity contribution < 1.29 is 24.2 Å². The van der Waals surface area contributed by atoms with Crippen molar-refractivity contribution in [3.05, 3.63) is 35.9 Å². The third kappa shape index (κ3) is 3.98. The van der Waals surface area contributed by atoms with Gasteiger partial charge in [-0.3, -0.25) is 9.69 Å². The van der Waals surface area contributed by atoms with Crippen molar-refractivity contribution in [3.8, 4) is 0 Å². The van der Waals surface area contributed by atoms with Gasteiger partial charge in [0.2, 0.25) is 0 Å². The van der Waals surface area contributed by atoms with Crippen LogP contribution in [0.1, 0.15) is 24.8 Å². The minimum atomic E-state index is -0.505. The number of nitrogens with zero attached hydrogens (tertiary/aromatic N) is 1. The van der Waals surface area contributed by atoms with Gasteiger partial charge in [0.25, 0.3) is 0 Å². The van der Waals surface area contributed by atoms with E-state index < -0.39 is 6.09 Å². The van der Waals surface area contributed by atoms with Crippen LogP contribution in [0.3, 0.4) is 0 Å². The predicted molar refractivity (Wildman–Crippen MR) is 79.0 cm³/mol.